The Kier molecular flexibility index (Phi) is 6.67. The molecule has 9 nitrogen and oxygen atoms in total. The van der Waals surface area contributed by atoms with Gasteiger partial charge in [-0.1, -0.05) is 30.3 Å². The molecule has 2 amide bonds. The number of nitrogens with zero attached hydrogens (tertiary/aromatic N) is 5. The van der Waals surface area contributed by atoms with Crippen LogP contribution in [0.4, 0.5) is 0 Å². The number of hydrogen-bond donors (Lipinski definition) is 0. The third-order valence-corrected chi connectivity index (χ3v) is 5.89. The molecule has 3 heterocycles. The summed E-state index contributed by atoms with van der Waals surface area (Å²) in [5.74, 6) is -0.843. The zero-order valence-corrected chi connectivity index (χ0v) is 18.8. The molecule has 0 atom stereocenters. The van der Waals surface area contributed by atoms with E-state index in [0.29, 0.717) is 43.7 Å². The molecule has 0 aliphatic carbocycles. The van der Waals surface area contributed by atoms with Gasteiger partial charge in [-0.15, -0.1) is 0 Å². The average molecular weight is 450 g/mol. The van der Waals surface area contributed by atoms with E-state index in [1.165, 1.54) is 11.1 Å². The van der Waals surface area contributed by atoms with E-state index in [4.69, 9.17) is 4.74 Å². The number of likely N-dealkylation sites (N-methyl/N-ethyl adjacent to an activating group) is 1. The molecular formula is C24H27N5O4. The van der Waals surface area contributed by atoms with Gasteiger partial charge in [0.25, 0.3) is 5.91 Å². The van der Waals surface area contributed by atoms with Crippen molar-refractivity contribution >= 4 is 23.4 Å². The lowest BCUT2D eigenvalue weighted by Crippen LogP contribution is -2.45. The highest BCUT2D eigenvalue weighted by atomic mass is 16.5. The molecule has 1 aromatic carbocycles. The molecule has 1 saturated heterocycles. The van der Waals surface area contributed by atoms with Gasteiger partial charge in [0, 0.05) is 31.9 Å². The fraction of sp³-hybridized carbons (Fsp3) is 0.375. The summed E-state index contributed by atoms with van der Waals surface area (Å²) in [5.41, 5.74) is 2.56. The highest BCUT2D eigenvalue weighted by Crippen LogP contribution is 2.22. The van der Waals surface area contributed by atoms with Crippen molar-refractivity contribution in [2.45, 2.75) is 19.8 Å². The molecule has 3 aromatic rings. The standard InChI is InChI=1S/C24H27N5O4/c1-3-33-24(32)18-10-13-28(14-11-18)21(30)16-27(2)23(31)19-15-26-29-20(9-12-25-22(19)29)17-7-5-4-6-8-17/h4-9,12,15,18H,3,10-11,13-14,16H2,1-2H3. The Morgan fingerprint density at radius 1 is 1.12 bits per heavy atom. The predicted octanol–water partition coefficient (Wildman–Crippen LogP) is 2.27. The number of rotatable bonds is 6. The Labute approximate surface area is 192 Å². The van der Waals surface area contributed by atoms with Gasteiger partial charge >= 0.3 is 5.97 Å². The van der Waals surface area contributed by atoms with Gasteiger partial charge in [0.05, 0.1) is 31.0 Å². The molecule has 33 heavy (non-hydrogen) atoms. The number of piperidine rings is 1. The van der Waals surface area contributed by atoms with Crippen LogP contribution in [0.1, 0.15) is 30.1 Å². The summed E-state index contributed by atoms with van der Waals surface area (Å²) < 4.78 is 6.71. The molecule has 0 spiro atoms. The van der Waals surface area contributed by atoms with E-state index >= 15 is 0 Å². The fourth-order valence-corrected chi connectivity index (χ4v) is 4.07. The van der Waals surface area contributed by atoms with Gasteiger partial charge in [-0.2, -0.15) is 5.10 Å². The number of benzene rings is 1. The molecule has 2 aromatic heterocycles. The van der Waals surface area contributed by atoms with E-state index in [1.807, 2.05) is 36.4 Å². The highest BCUT2D eigenvalue weighted by molar-refractivity contribution is 6.01. The number of amides is 2. The van der Waals surface area contributed by atoms with Crippen LogP contribution in [0.15, 0.2) is 48.8 Å². The quantitative estimate of drug-likeness (QED) is 0.536. The molecule has 1 aliphatic rings. The smallest absolute Gasteiger partial charge is 0.309 e. The van der Waals surface area contributed by atoms with Crippen molar-refractivity contribution in [2.75, 3.05) is 33.3 Å². The Bertz CT molecular complexity index is 1150. The van der Waals surface area contributed by atoms with Crippen molar-refractivity contribution in [3.05, 3.63) is 54.4 Å². The highest BCUT2D eigenvalue weighted by Gasteiger charge is 2.29. The van der Waals surface area contributed by atoms with Crippen LogP contribution in [-0.2, 0) is 14.3 Å². The van der Waals surface area contributed by atoms with Gasteiger partial charge in [-0.05, 0) is 25.8 Å². The van der Waals surface area contributed by atoms with Crippen LogP contribution >= 0.6 is 0 Å². The molecule has 1 aliphatic heterocycles. The maximum atomic E-state index is 13.1. The molecule has 0 unspecified atom stereocenters. The Morgan fingerprint density at radius 2 is 1.85 bits per heavy atom. The molecule has 1 fully saturated rings. The van der Waals surface area contributed by atoms with Crippen LogP contribution in [0.3, 0.4) is 0 Å². The predicted molar refractivity (Wildman–Crippen MR) is 121 cm³/mol. The monoisotopic (exact) mass is 449 g/mol. The lowest BCUT2D eigenvalue weighted by atomic mass is 9.97. The van der Waals surface area contributed by atoms with Crippen molar-refractivity contribution in [1.29, 1.82) is 0 Å². The minimum Gasteiger partial charge on any atom is -0.466 e. The zero-order chi connectivity index (χ0) is 23.4. The van der Waals surface area contributed by atoms with E-state index in [1.54, 1.807) is 29.6 Å². The van der Waals surface area contributed by atoms with Crippen molar-refractivity contribution in [3.63, 3.8) is 0 Å². The molecule has 0 radical (unpaired) electrons. The third-order valence-electron chi connectivity index (χ3n) is 5.89. The van der Waals surface area contributed by atoms with Crippen LogP contribution in [0.2, 0.25) is 0 Å². The van der Waals surface area contributed by atoms with Crippen LogP contribution in [-0.4, -0.2) is 75.5 Å². The largest absolute Gasteiger partial charge is 0.466 e. The Balaban J connectivity index is 1.43. The molecule has 9 heteroatoms. The molecule has 0 N–H and O–H groups in total. The topological polar surface area (TPSA) is 97.1 Å². The summed E-state index contributed by atoms with van der Waals surface area (Å²) in [5, 5.41) is 4.37. The first-order valence-electron chi connectivity index (χ1n) is 11.1. The van der Waals surface area contributed by atoms with Crippen LogP contribution in [0.25, 0.3) is 16.9 Å². The molecule has 0 bridgehead atoms. The first-order chi connectivity index (χ1) is 16.0. The summed E-state index contributed by atoms with van der Waals surface area (Å²) >= 11 is 0. The number of esters is 1. The molecular weight excluding hydrogens is 422 g/mol. The van der Waals surface area contributed by atoms with Gasteiger partial charge in [-0.25, -0.2) is 9.50 Å². The number of hydrogen-bond acceptors (Lipinski definition) is 6. The summed E-state index contributed by atoms with van der Waals surface area (Å²) in [6.07, 6.45) is 4.28. The van der Waals surface area contributed by atoms with Crippen molar-refractivity contribution in [2.24, 2.45) is 5.92 Å². The van der Waals surface area contributed by atoms with Crippen LogP contribution in [0, 0.1) is 5.92 Å². The van der Waals surface area contributed by atoms with Gasteiger partial charge in [0.1, 0.15) is 5.56 Å². The van der Waals surface area contributed by atoms with E-state index in [-0.39, 0.29) is 30.2 Å². The first kappa shape index (κ1) is 22.4. The third kappa shape index (κ3) is 4.72. The van der Waals surface area contributed by atoms with Gasteiger partial charge in [0.15, 0.2) is 5.65 Å². The minimum absolute atomic E-state index is 0.0569. The van der Waals surface area contributed by atoms with Crippen molar-refractivity contribution in [1.82, 2.24) is 24.4 Å². The normalized spacial score (nSPS) is 14.3. The van der Waals surface area contributed by atoms with E-state index in [2.05, 4.69) is 10.1 Å². The number of aromatic nitrogens is 3. The molecule has 0 saturated carbocycles. The van der Waals surface area contributed by atoms with E-state index in [0.717, 1.165) is 11.3 Å². The second-order valence-electron chi connectivity index (χ2n) is 8.06. The maximum Gasteiger partial charge on any atom is 0.309 e. The van der Waals surface area contributed by atoms with Crippen LogP contribution in [0.5, 0.6) is 0 Å². The van der Waals surface area contributed by atoms with Crippen LogP contribution < -0.4 is 0 Å². The number of ether oxygens (including phenoxy) is 1. The number of carbonyl (C=O) groups excluding carboxylic acids is 3. The van der Waals surface area contributed by atoms with E-state index in [9.17, 15) is 14.4 Å². The van der Waals surface area contributed by atoms with Gasteiger partial charge in [-0.3, -0.25) is 14.4 Å². The SMILES string of the molecule is CCOC(=O)C1CCN(C(=O)CN(C)C(=O)c2cnn3c(-c4ccccc4)ccnc23)CC1. The second-order valence-corrected chi connectivity index (χ2v) is 8.06. The van der Waals surface area contributed by atoms with Gasteiger partial charge < -0.3 is 14.5 Å². The summed E-state index contributed by atoms with van der Waals surface area (Å²) in [4.78, 5) is 45.2. The summed E-state index contributed by atoms with van der Waals surface area (Å²) in [7, 11) is 1.59. The Morgan fingerprint density at radius 3 is 2.55 bits per heavy atom. The lowest BCUT2D eigenvalue weighted by Gasteiger charge is -2.32. The number of fused-ring (bicyclic) bond motifs is 1. The fourth-order valence-electron chi connectivity index (χ4n) is 4.07. The van der Waals surface area contributed by atoms with Crippen molar-refractivity contribution < 1.29 is 19.1 Å². The summed E-state index contributed by atoms with van der Waals surface area (Å²) in [6, 6.07) is 11.6. The first-order valence-corrected chi connectivity index (χ1v) is 11.1. The van der Waals surface area contributed by atoms with E-state index < -0.39 is 0 Å². The minimum atomic E-state index is -0.322. The second kappa shape index (κ2) is 9.81. The molecule has 172 valence electrons. The Hall–Kier alpha value is -3.75. The molecule has 4 rings (SSSR count). The zero-order valence-electron chi connectivity index (χ0n) is 18.8. The average Bonchev–Trinajstić information content (AvgIpc) is 3.28. The number of carbonyl (C=O) groups is 3. The lowest BCUT2D eigenvalue weighted by molar-refractivity contribution is -0.151. The summed E-state index contributed by atoms with van der Waals surface area (Å²) in [6.45, 7) is 3.03. The van der Waals surface area contributed by atoms with Crippen molar-refractivity contribution in [3.8, 4) is 11.3 Å². The van der Waals surface area contributed by atoms with Gasteiger partial charge in [0.2, 0.25) is 5.91 Å². The maximum absolute atomic E-state index is 13.1. The number of likely N-dealkylation sites (tertiary alicyclic amines) is 1.